The minimum Gasteiger partial charge on any atom is -0.312 e. The molecule has 3 heteroatoms. The molecular weight excluding hydrogens is 258 g/mol. The zero-order chi connectivity index (χ0) is 15.1. The van der Waals surface area contributed by atoms with Crippen LogP contribution in [0.3, 0.4) is 0 Å². The Morgan fingerprint density at radius 2 is 1.52 bits per heavy atom. The summed E-state index contributed by atoms with van der Waals surface area (Å²) in [5, 5.41) is 3.85. The van der Waals surface area contributed by atoms with Gasteiger partial charge in [0.25, 0.3) is 0 Å². The van der Waals surface area contributed by atoms with Crippen molar-refractivity contribution in [2.75, 3.05) is 45.8 Å². The summed E-state index contributed by atoms with van der Waals surface area (Å²) in [6, 6.07) is 0.740. The largest absolute Gasteiger partial charge is 0.312 e. The zero-order valence-electron chi connectivity index (χ0n) is 14.6. The Labute approximate surface area is 132 Å². The molecule has 2 fully saturated rings. The second-order valence-corrected chi connectivity index (χ2v) is 7.60. The third kappa shape index (κ3) is 5.88. The number of hydrogen-bond acceptors (Lipinski definition) is 3. The van der Waals surface area contributed by atoms with Crippen molar-refractivity contribution in [3.05, 3.63) is 0 Å². The number of hydrogen-bond donors (Lipinski definition) is 1. The van der Waals surface area contributed by atoms with Crippen LogP contribution in [0.2, 0.25) is 0 Å². The minimum atomic E-state index is 0.740. The van der Waals surface area contributed by atoms with Gasteiger partial charge in [-0.1, -0.05) is 33.6 Å². The third-order valence-electron chi connectivity index (χ3n) is 5.17. The molecule has 1 unspecified atom stereocenters. The highest BCUT2D eigenvalue weighted by Gasteiger charge is 2.27. The first-order valence-electron chi connectivity index (χ1n) is 9.37. The lowest BCUT2D eigenvalue weighted by Crippen LogP contribution is -2.52. The van der Waals surface area contributed by atoms with Crippen LogP contribution in [-0.2, 0) is 0 Å². The van der Waals surface area contributed by atoms with E-state index in [2.05, 4.69) is 35.9 Å². The van der Waals surface area contributed by atoms with E-state index in [9.17, 15) is 0 Å². The molecule has 0 radical (unpaired) electrons. The fourth-order valence-electron chi connectivity index (χ4n) is 4.02. The lowest BCUT2D eigenvalue weighted by atomic mass is 9.97. The van der Waals surface area contributed by atoms with E-state index in [0.717, 1.165) is 17.9 Å². The van der Waals surface area contributed by atoms with Gasteiger partial charge in [-0.25, -0.2) is 0 Å². The molecule has 0 spiro atoms. The van der Waals surface area contributed by atoms with Crippen molar-refractivity contribution in [1.82, 2.24) is 15.1 Å². The van der Waals surface area contributed by atoms with E-state index in [0.29, 0.717) is 0 Å². The molecule has 3 nitrogen and oxygen atoms in total. The summed E-state index contributed by atoms with van der Waals surface area (Å²) in [6.45, 7) is 15.8. The van der Waals surface area contributed by atoms with E-state index >= 15 is 0 Å². The molecule has 1 heterocycles. The highest BCUT2D eigenvalue weighted by atomic mass is 15.3. The SMILES string of the molecule is CCCNC(CN1CCN(CC(C)C)CC1)C1CCCC1. The maximum atomic E-state index is 3.85. The van der Waals surface area contributed by atoms with E-state index in [4.69, 9.17) is 0 Å². The van der Waals surface area contributed by atoms with Crippen LogP contribution in [0.25, 0.3) is 0 Å². The van der Waals surface area contributed by atoms with Crippen molar-refractivity contribution >= 4 is 0 Å². The lowest BCUT2D eigenvalue weighted by Gasteiger charge is -2.38. The van der Waals surface area contributed by atoms with Crippen LogP contribution in [-0.4, -0.2) is 61.7 Å². The smallest absolute Gasteiger partial charge is 0.0223 e. The van der Waals surface area contributed by atoms with Crippen molar-refractivity contribution in [3.63, 3.8) is 0 Å². The average molecular weight is 296 g/mol. The molecule has 0 bridgehead atoms. The maximum Gasteiger partial charge on any atom is 0.0223 e. The summed E-state index contributed by atoms with van der Waals surface area (Å²) in [5.74, 6) is 1.74. The van der Waals surface area contributed by atoms with Gasteiger partial charge in [-0.15, -0.1) is 0 Å². The molecule has 124 valence electrons. The first-order chi connectivity index (χ1) is 10.2. The number of nitrogens with one attached hydrogen (secondary N) is 1. The fraction of sp³-hybridized carbons (Fsp3) is 1.00. The van der Waals surface area contributed by atoms with Crippen molar-refractivity contribution in [1.29, 1.82) is 0 Å². The van der Waals surface area contributed by atoms with Crippen molar-refractivity contribution in [2.24, 2.45) is 11.8 Å². The zero-order valence-corrected chi connectivity index (χ0v) is 14.6. The third-order valence-corrected chi connectivity index (χ3v) is 5.17. The Bertz CT molecular complexity index is 266. The summed E-state index contributed by atoms with van der Waals surface area (Å²) in [7, 11) is 0. The van der Waals surface area contributed by atoms with Gasteiger partial charge in [0.05, 0.1) is 0 Å². The summed E-state index contributed by atoms with van der Waals surface area (Å²) < 4.78 is 0. The normalized spacial score (nSPS) is 24.0. The monoisotopic (exact) mass is 295 g/mol. The van der Waals surface area contributed by atoms with Crippen LogP contribution in [0.4, 0.5) is 0 Å². The predicted octanol–water partition coefficient (Wildman–Crippen LogP) is 2.82. The van der Waals surface area contributed by atoms with Crippen LogP contribution >= 0.6 is 0 Å². The molecule has 0 aromatic heterocycles. The molecule has 0 aromatic carbocycles. The average Bonchev–Trinajstić information content (AvgIpc) is 2.99. The topological polar surface area (TPSA) is 18.5 Å². The number of rotatable bonds is 8. The summed E-state index contributed by atoms with van der Waals surface area (Å²) >= 11 is 0. The van der Waals surface area contributed by atoms with Crippen LogP contribution in [0.5, 0.6) is 0 Å². The quantitative estimate of drug-likeness (QED) is 0.743. The standard InChI is InChI=1S/C18H37N3/c1-4-9-19-18(17-7-5-6-8-17)15-21-12-10-20(11-13-21)14-16(2)3/h16-19H,4-15H2,1-3H3. The van der Waals surface area contributed by atoms with Crippen LogP contribution in [0, 0.1) is 11.8 Å². The maximum absolute atomic E-state index is 3.85. The minimum absolute atomic E-state index is 0.740. The van der Waals surface area contributed by atoms with Crippen molar-refractivity contribution in [3.8, 4) is 0 Å². The van der Waals surface area contributed by atoms with Crippen LogP contribution in [0.1, 0.15) is 52.9 Å². The van der Waals surface area contributed by atoms with Crippen LogP contribution in [0.15, 0.2) is 0 Å². The summed E-state index contributed by atoms with van der Waals surface area (Å²) in [4.78, 5) is 5.35. The van der Waals surface area contributed by atoms with E-state index in [1.54, 1.807) is 0 Å². The molecule has 1 N–H and O–H groups in total. The van der Waals surface area contributed by atoms with Gasteiger partial charge in [0.2, 0.25) is 0 Å². The van der Waals surface area contributed by atoms with Crippen molar-refractivity contribution in [2.45, 2.75) is 58.9 Å². The second kappa shape index (κ2) is 9.12. The van der Waals surface area contributed by atoms with Gasteiger partial charge in [0.15, 0.2) is 0 Å². The molecule has 0 amide bonds. The van der Waals surface area contributed by atoms with Gasteiger partial charge < -0.3 is 10.2 Å². The van der Waals surface area contributed by atoms with E-state index < -0.39 is 0 Å². The van der Waals surface area contributed by atoms with Crippen LogP contribution < -0.4 is 5.32 Å². The second-order valence-electron chi connectivity index (χ2n) is 7.60. The van der Waals surface area contributed by atoms with Gasteiger partial charge >= 0.3 is 0 Å². The Morgan fingerprint density at radius 1 is 0.952 bits per heavy atom. The Morgan fingerprint density at radius 3 is 2.05 bits per heavy atom. The molecule has 21 heavy (non-hydrogen) atoms. The van der Waals surface area contributed by atoms with Crippen molar-refractivity contribution < 1.29 is 0 Å². The number of piperazine rings is 1. The Balaban J connectivity index is 1.75. The van der Waals surface area contributed by atoms with Gasteiger partial charge in [-0.2, -0.15) is 0 Å². The fourth-order valence-corrected chi connectivity index (χ4v) is 4.02. The Hall–Kier alpha value is -0.120. The Kier molecular flexibility index (Phi) is 7.48. The summed E-state index contributed by atoms with van der Waals surface area (Å²) in [6.07, 6.45) is 7.07. The molecule has 1 saturated heterocycles. The molecular formula is C18H37N3. The highest BCUT2D eigenvalue weighted by Crippen LogP contribution is 2.28. The predicted molar refractivity (Wildman–Crippen MR) is 91.8 cm³/mol. The van der Waals surface area contributed by atoms with Gasteiger partial charge in [-0.3, -0.25) is 4.90 Å². The first kappa shape index (κ1) is 17.2. The molecule has 1 aliphatic heterocycles. The molecule has 1 atom stereocenters. The van der Waals surface area contributed by atoms with E-state index in [-0.39, 0.29) is 0 Å². The first-order valence-corrected chi connectivity index (χ1v) is 9.37. The van der Waals surface area contributed by atoms with E-state index in [1.165, 1.54) is 77.9 Å². The van der Waals surface area contributed by atoms with E-state index in [1.807, 2.05) is 0 Å². The molecule has 1 aliphatic carbocycles. The molecule has 1 saturated carbocycles. The summed E-state index contributed by atoms with van der Waals surface area (Å²) in [5.41, 5.74) is 0. The van der Waals surface area contributed by atoms with Gasteiger partial charge in [0.1, 0.15) is 0 Å². The molecule has 2 rings (SSSR count). The molecule has 2 aliphatic rings. The van der Waals surface area contributed by atoms with Gasteiger partial charge in [0, 0.05) is 45.3 Å². The lowest BCUT2D eigenvalue weighted by molar-refractivity contribution is 0.106. The van der Waals surface area contributed by atoms with Gasteiger partial charge in [-0.05, 0) is 37.6 Å². The number of nitrogens with zero attached hydrogens (tertiary/aromatic N) is 2. The molecule has 0 aromatic rings. The highest BCUT2D eigenvalue weighted by molar-refractivity contribution is 4.85.